The average molecular weight is 415 g/mol. The molecule has 0 atom stereocenters. The third-order valence-corrected chi connectivity index (χ3v) is 5.09. The summed E-state index contributed by atoms with van der Waals surface area (Å²) in [6, 6.07) is 13.7. The minimum absolute atomic E-state index is 0.164. The van der Waals surface area contributed by atoms with Gasteiger partial charge in [0.2, 0.25) is 11.8 Å². The van der Waals surface area contributed by atoms with Crippen molar-refractivity contribution in [2.45, 2.75) is 40.3 Å². The van der Waals surface area contributed by atoms with E-state index >= 15 is 0 Å². The van der Waals surface area contributed by atoms with Crippen LogP contribution in [0.3, 0.4) is 0 Å². The van der Waals surface area contributed by atoms with E-state index in [0.29, 0.717) is 28.5 Å². The normalized spacial score (nSPS) is 10.9. The largest absolute Gasteiger partial charge is 0.419 e. The van der Waals surface area contributed by atoms with E-state index < -0.39 is 0 Å². The fourth-order valence-electron chi connectivity index (χ4n) is 2.68. The molecule has 0 fully saturated rings. The molecule has 3 rings (SSSR count). The van der Waals surface area contributed by atoms with Crippen molar-refractivity contribution < 1.29 is 4.42 Å². The Labute approximate surface area is 175 Å². The van der Waals surface area contributed by atoms with E-state index in [1.807, 2.05) is 23.1 Å². The Balaban J connectivity index is 1.73. The van der Waals surface area contributed by atoms with E-state index in [1.165, 1.54) is 11.1 Å². The zero-order chi connectivity index (χ0) is 20.3. The second-order valence-electron chi connectivity index (χ2n) is 6.96. The molecule has 0 saturated carbocycles. The zero-order valence-corrected chi connectivity index (χ0v) is 17.9. The molecule has 1 N–H and O–H groups in total. The van der Waals surface area contributed by atoms with Gasteiger partial charge in [0.05, 0.1) is 6.54 Å². The molecular weight excluding hydrogens is 392 g/mol. The lowest BCUT2D eigenvalue weighted by Gasteiger charge is -2.28. The third kappa shape index (κ3) is 4.88. The van der Waals surface area contributed by atoms with Crippen LogP contribution in [0.5, 0.6) is 0 Å². The lowest BCUT2D eigenvalue weighted by molar-refractivity contribution is 0.309. The number of anilines is 1. The Morgan fingerprint density at radius 3 is 2.46 bits per heavy atom. The van der Waals surface area contributed by atoms with Gasteiger partial charge < -0.3 is 14.6 Å². The third-order valence-electron chi connectivity index (χ3n) is 4.51. The second-order valence-corrected chi connectivity index (χ2v) is 7.78. The minimum atomic E-state index is 0.164. The summed E-state index contributed by atoms with van der Waals surface area (Å²) in [5.74, 6) is 0.964. The van der Waals surface area contributed by atoms with Gasteiger partial charge in [-0.2, -0.15) is 0 Å². The minimum Gasteiger partial charge on any atom is -0.419 e. The Morgan fingerprint density at radius 2 is 1.82 bits per heavy atom. The van der Waals surface area contributed by atoms with Crippen LogP contribution < -0.4 is 5.32 Å². The van der Waals surface area contributed by atoms with Crippen molar-refractivity contribution in [3.8, 4) is 11.5 Å². The van der Waals surface area contributed by atoms with Crippen molar-refractivity contribution >= 4 is 34.6 Å². The Hall–Kier alpha value is -2.44. The first-order valence-corrected chi connectivity index (χ1v) is 9.85. The maximum Gasteiger partial charge on any atom is 0.247 e. The van der Waals surface area contributed by atoms with Gasteiger partial charge in [-0.15, -0.1) is 10.2 Å². The second kappa shape index (κ2) is 8.71. The first kappa shape index (κ1) is 20.3. The van der Waals surface area contributed by atoms with Crippen LogP contribution in [0.2, 0.25) is 5.02 Å². The topological polar surface area (TPSA) is 54.2 Å². The van der Waals surface area contributed by atoms with Gasteiger partial charge in [-0.1, -0.05) is 17.7 Å². The molecule has 0 amide bonds. The van der Waals surface area contributed by atoms with Gasteiger partial charge in [-0.25, -0.2) is 0 Å². The molecule has 0 aliphatic carbocycles. The van der Waals surface area contributed by atoms with Crippen molar-refractivity contribution in [2.75, 3.05) is 5.32 Å². The summed E-state index contributed by atoms with van der Waals surface area (Å²) in [4.78, 5) is 2.02. The van der Waals surface area contributed by atoms with Gasteiger partial charge >= 0.3 is 0 Å². The molecule has 0 spiro atoms. The van der Waals surface area contributed by atoms with Crippen LogP contribution in [-0.4, -0.2) is 26.3 Å². The molecule has 1 heterocycles. The molecule has 1 aromatic heterocycles. The first-order chi connectivity index (χ1) is 13.3. The summed E-state index contributed by atoms with van der Waals surface area (Å²) in [5, 5.41) is 12.9. The van der Waals surface area contributed by atoms with Crippen LogP contribution in [0.1, 0.15) is 30.9 Å². The summed E-state index contributed by atoms with van der Waals surface area (Å²) in [7, 11) is 0. The molecule has 0 bridgehead atoms. The number of nitrogens with zero attached hydrogens (tertiary/aromatic N) is 3. The van der Waals surface area contributed by atoms with Gasteiger partial charge in [-0.3, -0.25) is 0 Å². The molecule has 5 nitrogen and oxygen atoms in total. The molecule has 3 aromatic rings. The molecule has 0 unspecified atom stereocenters. The van der Waals surface area contributed by atoms with Gasteiger partial charge in [-0.05, 0) is 87.4 Å². The number of aromatic nitrogens is 2. The van der Waals surface area contributed by atoms with E-state index in [0.717, 1.165) is 11.3 Å². The van der Waals surface area contributed by atoms with Gasteiger partial charge in [0.15, 0.2) is 5.11 Å². The smallest absolute Gasteiger partial charge is 0.247 e. The summed E-state index contributed by atoms with van der Waals surface area (Å²) in [6.07, 6.45) is 0. The molecule has 146 valence electrons. The van der Waals surface area contributed by atoms with Crippen LogP contribution in [0.25, 0.3) is 11.5 Å². The van der Waals surface area contributed by atoms with Crippen molar-refractivity contribution in [3.63, 3.8) is 0 Å². The van der Waals surface area contributed by atoms with E-state index in [4.69, 9.17) is 28.2 Å². The summed E-state index contributed by atoms with van der Waals surface area (Å²) < 4.78 is 5.83. The Bertz CT molecular complexity index is 969. The number of rotatable bonds is 5. The van der Waals surface area contributed by atoms with Crippen LogP contribution in [-0.2, 0) is 6.54 Å². The predicted molar refractivity (Wildman–Crippen MR) is 118 cm³/mol. The highest BCUT2D eigenvalue weighted by molar-refractivity contribution is 7.80. The molecule has 0 aliphatic rings. The van der Waals surface area contributed by atoms with Crippen LogP contribution in [0.15, 0.2) is 46.9 Å². The van der Waals surface area contributed by atoms with E-state index in [1.54, 1.807) is 12.1 Å². The summed E-state index contributed by atoms with van der Waals surface area (Å²) in [6.45, 7) is 8.75. The SMILES string of the molecule is Cc1ccc(NC(=S)N(Cc2nnc(-c3ccc(Cl)cc3)o2)C(C)C)cc1C. The van der Waals surface area contributed by atoms with Crippen LogP contribution in [0, 0.1) is 13.8 Å². The highest BCUT2D eigenvalue weighted by Crippen LogP contribution is 2.21. The highest BCUT2D eigenvalue weighted by Gasteiger charge is 2.18. The Kier molecular flexibility index (Phi) is 6.31. The van der Waals surface area contributed by atoms with Crippen LogP contribution >= 0.6 is 23.8 Å². The van der Waals surface area contributed by atoms with Crippen LogP contribution in [0.4, 0.5) is 5.69 Å². The maximum atomic E-state index is 5.93. The molecule has 2 aromatic carbocycles. The van der Waals surface area contributed by atoms with Crippen molar-refractivity contribution in [2.24, 2.45) is 0 Å². The van der Waals surface area contributed by atoms with Gasteiger partial charge in [0.1, 0.15) is 0 Å². The number of hydrogen-bond acceptors (Lipinski definition) is 4. The molecule has 0 aliphatic heterocycles. The Morgan fingerprint density at radius 1 is 1.11 bits per heavy atom. The van der Waals surface area contributed by atoms with E-state index in [-0.39, 0.29) is 6.04 Å². The first-order valence-electron chi connectivity index (χ1n) is 9.06. The number of halogens is 1. The number of nitrogens with one attached hydrogen (secondary N) is 1. The lowest BCUT2D eigenvalue weighted by atomic mass is 10.1. The molecule has 0 saturated heterocycles. The average Bonchev–Trinajstić information content (AvgIpc) is 3.12. The zero-order valence-electron chi connectivity index (χ0n) is 16.4. The standard InChI is InChI=1S/C21H23ClN4OS/c1-13(2)26(21(28)23-18-10-5-14(3)15(4)11-18)12-19-24-25-20(27-19)16-6-8-17(22)9-7-16/h5-11,13H,12H2,1-4H3,(H,23,28). The summed E-state index contributed by atoms with van der Waals surface area (Å²) in [5.41, 5.74) is 4.26. The highest BCUT2D eigenvalue weighted by atomic mass is 35.5. The molecule has 7 heteroatoms. The van der Waals surface area contributed by atoms with Crippen molar-refractivity contribution in [1.29, 1.82) is 0 Å². The fourth-order valence-corrected chi connectivity index (χ4v) is 3.19. The maximum absolute atomic E-state index is 5.93. The van der Waals surface area contributed by atoms with E-state index in [9.17, 15) is 0 Å². The van der Waals surface area contributed by atoms with Gasteiger partial charge in [0.25, 0.3) is 0 Å². The summed E-state index contributed by atoms with van der Waals surface area (Å²) >= 11 is 11.6. The lowest BCUT2D eigenvalue weighted by Crippen LogP contribution is -2.39. The van der Waals surface area contributed by atoms with E-state index in [2.05, 4.69) is 55.3 Å². The fraction of sp³-hybridized carbons (Fsp3) is 0.286. The molecule has 28 heavy (non-hydrogen) atoms. The number of thiocarbonyl (C=S) groups is 1. The molecule has 0 radical (unpaired) electrons. The monoisotopic (exact) mass is 414 g/mol. The predicted octanol–water partition coefficient (Wildman–Crippen LogP) is 5.61. The number of hydrogen-bond donors (Lipinski definition) is 1. The number of aryl methyl sites for hydroxylation is 2. The quantitative estimate of drug-likeness (QED) is 0.547. The molecular formula is C21H23ClN4OS. The van der Waals surface area contributed by atoms with Crippen molar-refractivity contribution in [1.82, 2.24) is 15.1 Å². The van der Waals surface area contributed by atoms with Crippen molar-refractivity contribution in [3.05, 3.63) is 64.5 Å². The number of benzene rings is 2. The van der Waals surface area contributed by atoms with Gasteiger partial charge in [0, 0.05) is 22.3 Å².